The number of methoxy groups -OCH3 is 1. The molecule has 0 saturated carbocycles. The summed E-state index contributed by atoms with van der Waals surface area (Å²) >= 11 is 6.18. The Labute approximate surface area is 193 Å². The number of benzene rings is 3. The number of nitrogens with one attached hydrogen (secondary N) is 2. The minimum atomic E-state index is -3.78. The fourth-order valence-electron chi connectivity index (χ4n) is 3.08. The molecule has 0 aliphatic heterocycles. The van der Waals surface area contributed by atoms with Gasteiger partial charge in [-0.2, -0.15) is 0 Å². The Kier molecular flexibility index (Phi) is 7.77. The van der Waals surface area contributed by atoms with Crippen LogP contribution in [0, 0.1) is 6.92 Å². The van der Waals surface area contributed by atoms with E-state index in [0.717, 1.165) is 29.7 Å². The second-order valence-corrected chi connectivity index (χ2v) is 9.41. The lowest BCUT2D eigenvalue weighted by molar-refractivity contribution is 0.0953. The number of rotatable bonds is 9. The summed E-state index contributed by atoms with van der Waals surface area (Å²) in [6.45, 7) is 2.34. The van der Waals surface area contributed by atoms with Gasteiger partial charge in [0.15, 0.2) is 0 Å². The fraction of sp³-hybridized carbons (Fsp3) is 0.208. The average Bonchev–Trinajstić information content (AvgIpc) is 2.78. The molecule has 0 heterocycles. The molecule has 168 valence electrons. The molecular formula is C24H25ClN2O4S. The van der Waals surface area contributed by atoms with Gasteiger partial charge in [-0.05, 0) is 67.8 Å². The number of aryl methyl sites for hydroxylation is 2. The quantitative estimate of drug-likeness (QED) is 0.437. The summed E-state index contributed by atoms with van der Waals surface area (Å²) in [5.74, 6) is 0.440. The highest BCUT2D eigenvalue weighted by Gasteiger charge is 2.16. The van der Waals surface area contributed by atoms with E-state index in [1.165, 1.54) is 30.3 Å². The van der Waals surface area contributed by atoms with Gasteiger partial charge in [-0.3, -0.25) is 9.52 Å². The Bertz CT molecular complexity index is 1180. The highest BCUT2D eigenvalue weighted by molar-refractivity contribution is 7.92. The molecule has 0 fully saturated rings. The van der Waals surface area contributed by atoms with Crippen LogP contribution in [0.1, 0.15) is 27.9 Å². The summed E-state index contributed by atoms with van der Waals surface area (Å²) in [5.41, 5.74) is 2.57. The van der Waals surface area contributed by atoms with Crippen molar-refractivity contribution in [2.45, 2.75) is 24.7 Å². The molecule has 3 rings (SSSR count). The first-order valence-electron chi connectivity index (χ1n) is 10.1. The van der Waals surface area contributed by atoms with E-state index < -0.39 is 10.0 Å². The molecule has 0 aromatic heterocycles. The highest BCUT2D eigenvalue weighted by atomic mass is 35.5. The first-order valence-corrected chi connectivity index (χ1v) is 11.9. The molecular weight excluding hydrogens is 448 g/mol. The number of anilines is 1. The second kappa shape index (κ2) is 10.5. The molecule has 0 aliphatic carbocycles. The van der Waals surface area contributed by atoms with Crippen LogP contribution in [0.5, 0.6) is 5.75 Å². The van der Waals surface area contributed by atoms with Crippen molar-refractivity contribution in [1.82, 2.24) is 5.32 Å². The van der Waals surface area contributed by atoms with E-state index >= 15 is 0 Å². The van der Waals surface area contributed by atoms with Crippen LogP contribution in [0.15, 0.2) is 71.6 Å². The largest absolute Gasteiger partial charge is 0.497 e. The summed E-state index contributed by atoms with van der Waals surface area (Å²) in [7, 11) is -2.15. The molecule has 32 heavy (non-hydrogen) atoms. The SMILES string of the molecule is COc1ccc(CCCNC(=O)c2cc(NS(=O)(=O)c3ccc(C)cc3)ccc2Cl)cc1. The Hall–Kier alpha value is -3.03. The zero-order valence-corrected chi connectivity index (χ0v) is 19.5. The van der Waals surface area contributed by atoms with Crippen molar-refractivity contribution >= 4 is 33.2 Å². The third-order valence-corrected chi connectivity index (χ3v) is 6.61. The zero-order chi connectivity index (χ0) is 23.1. The fourth-order valence-corrected chi connectivity index (χ4v) is 4.33. The summed E-state index contributed by atoms with van der Waals surface area (Å²) in [5, 5.41) is 3.08. The van der Waals surface area contributed by atoms with Crippen LogP contribution in [0.2, 0.25) is 5.02 Å². The van der Waals surface area contributed by atoms with Gasteiger partial charge in [-0.25, -0.2) is 8.42 Å². The van der Waals surface area contributed by atoms with Crippen LogP contribution in [0.25, 0.3) is 0 Å². The van der Waals surface area contributed by atoms with Crippen LogP contribution >= 0.6 is 11.6 Å². The molecule has 0 bridgehead atoms. The van der Waals surface area contributed by atoms with Crippen molar-refractivity contribution in [2.75, 3.05) is 18.4 Å². The average molecular weight is 473 g/mol. The first-order chi connectivity index (χ1) is 15.3. The lowest BCUT2D eigenvalue weighted by atomic mass is 10.1. The van der Waals surface area contributed by atoms with E-state index in [4.69, 9.17) is 16.3 Å². The lowest BCUT2D eigenvalue weighted by Gasteiger charge is -2.11. The third kappa shape index (κ3) is 6.24. The zero-order valence-electron chi connectivity index (χ0n) is 17.9. The summed E-state index contributed by atoms with van der Waals surface area (Å²) in [4.78, 5) is 12.7. The molecule has 0 saturated heterocycles. The Morgan fingerprint density at radius 3 is 2.34 bits per heavy atom. The summed E-state index contributed by atoms with van der Waals surface area (Å²) in [6, 6.07) is 18.7. The van der Waals surface area contributed by atoms with Gasteiger partial charge >= 0.3 is 0 Å². The van der Waals surface area contributed by atoms with Gasteiger partial charge in [0.25, 0.3) is 15.9 Å². The maximum atomic E-state index is 12.6. The Morgan fingerprint density at radius 1 is 1.00 bits per heavy atom. The normalized spacial score (nSPS) is 11.1. The molecule has 3 aromatic carbocycles. The van der Waals surface area contributed by atoms with E-state index in [1.807, 2.05) is 31.2 Å². The van der Waals surface area contributed by atoms with E-state index in [0.29, 0.717) is 6.54 Å². The van der Waals surface area contributed by atoms with Crippen molar-refractivity contribution < 1.29 is 17.9 Å². The van der Waals surface area contributed by atoms with Gasteiger partial charge in [0, 0.05) is 12.2 Å². The van der Waals surface area contributed by atoms with Gasteiger partial charge in [0.05, 0.1) is 22.6 Å². The predicted molar refractivity (Wildman–Crippen MR) is 127 cm³/mol. The highest BCUT2D eigenvalue weighted by Crippen LogP contribution is 2.23. The van der Waals surface area contributed by atoms with Crippen LogP contribution in [-0.2, 0) is 16.4 Å². The maximum absolute atomic E-state index is 12.6. The van der Waals surface area contributed by atoms with E-state index in [-0.39, 0.29) is 27.1 Å². The van der Waals surface area contributed by atoms with Crippen molar-refractivity contribution in [3.8, 4) is 5.75 Å². The number of carbonyl (C=O) groups excluding carboxylic acids is 1. The van der Waals surface area contributed by atoms with Gasteiger partial charge in [0.2, 0.25) is 0 Å². The molecule has 0 atom stereocenters. The van der Waals surface area contributed by atoms with Crippen molar-refractivity contribution in [3.63, 3.8) is 0 Å². The third-order valence-electron chi connectivity index (χ3n) is 4.88. The van der Waals surface area contributed by atoms with Gasteiger partial charge in [-0.15, -0.1) is 0 Å². The number of carbonyl (C=O) groups is 1. The van der Waals surface area contributed by atoms with Crippen LogP contribution in [0.4, 0.5) is 5.69 Å². The number of amides is 1. The van der Waals surface area contributed by atoms with Crippen molar-refractivity contribution in [3.05, 3.63) is 88.4 Å². The molecule has 2 N–H and O–H groups in total. The second-order valence-electron chi connectivity index (χ2n) is 7.32. The molecule has 0 unspecified atom stereocenters. The Morgan fingerprint density at radius 2 is 1.69 bits per heavy atom. The topological polar surface area (TPSA) is 84.5 Å². The Balaban J connectivity index is 1.60. The minimum Gasteiger partial charge on any atom is -0.497 e. The number of ether oxygens (including phenoxy) is 1. The van der Waals surface area contributed by atoms with E-state index in [2.05, 4.69) is 10.0 Å². The van der Waals surface area contributed by atoms with Crippen molar-refractivity contribution in [2.24, 2.45) is 0 Å². The summed E-state index contributed by atoms with van der Waals surface area (Å²) in [6.07, 6.45) is 1.55. The first kappa shape index (κ1) is 23.6. The minimum absolute atomic E-state index is 0.141. The number of hydrogen-bond acceptors (Lipinski definition) is 4. The predicted octanol–water partition coefficient (Wildman–Crippen LogP) is 4.82. The van der Waals surface area contributed by atoms with E-state index in [9.17, 15) is 13.2 Å². The molecule has 1 amide bonds. The van der Waals surface area contributed by atoms with Crippen LogP contribution < -0.4 is 14.8 Å². The molecule has 0 spiro atoms. The van der Waals surface area contributed by atoms with Gasteiger partial charge in [-0.1, -0.05) is 41.4 Å². The molecule has 3 aromatic rings. The smallest absolute Gasteiger partial charge is 0.261 e. The maximum Gasteiger partial charge on any atom is 0.261 e. The van der Waals surface area contributed by atoms with Crippen LogP contribution in [0.3, 0.4) is 0 Å². The number of halogens is 1. The van der Waals surface area contributed by atoms with Crippen LogP contribution in [-0.4, -0.2) is 28.0 Å². The van der Waals surface area contributed by atoms with E-state index in [1.54, 1.807) is 19.2 Å². The lowest BCUT2D eigenvalue weighted by Crippen LogP contribution is -2.25. The monoisotopic (exact) mass is 472 g/mol. The number of hydrogen-bond donors (Lipinski definition) is 2. The molecule has 0 aliphatic rings. The number of sulfonamides is 1. The molecule has 8 heteroatoms. The van der Waals surface area contributed by atoms with Crippen molar-refractivity contribution in [1.29, 1.82) is 0 Å². The van der Waals surface area contributed by atoms with Gasteiger partial charge in [0.1, 0.15) is 5.75 Å². The summed E-state index contributed by atoms with van der Waals surface area (Å²) < 4.78 is 32.9. The van der Waals surface area contributed by atoms with Gasteiger partial charge < -0.3 is 10.1 Å². The molecule has 0 radical (unpaired) electrons. The standard InChI is InChI=1S/C24H25ClN2O4S/c1-17-5-12-21(13-6-17)32(29,30)27-19-9-14-23(25)22(16-19)24(28)26-15-3-4-18-7-10-20(31-2)11-8-18/h5-14,16,27H,3-4,15H2,1-2H3,(H,26,28). The molecule has 6 nitrogen and oxygen atoms in total.